The standard InChI is InChI=1S/C42H35N5O2/c1-29-27-39(40(31(3)48)30(2)43-29)49-28-32-23-25-33(26-24-32)37-21-13-14-22-38(37)41-44-46-47(45-41)42(34-15-7-4-8-16-34,35-17-9-5-10-18-35)36-19-11-6-12-20-36/h4-27H,28H2,1-3H3. The van der Waals surface area contributed by atoms with Crippen LogP contribution in [0.2, 0.25) is 0 Å². The van der Waals surface area contributed by atoms with Crippen molar-refractivity contribution >= 4 is 5.78 Å². The fourth-order valence-corrected chi connectivity index (χ4v) is 6.56. The number of rotatable bonds is 10. The lowest BCUT2D eigenvalue weighted by molar-refractivity contribution is 0.101. The Balaban J connectivity index is 1.25. The highest BCUT2D eigenvalue weighted by Crippen LogP contribution is 2.40. The second kappa shape index (κ2) is 13.5. The van der Waals surface area contributed by atoms with Crippen LogP contribution in [-0.2, 0) is 12.1 Å². The summed E-state index contributed by atoms with van der Waals surface area (Å²) >= 11 is 0. The van der Waals surface area contributed by atoms with Crippen molar-refractivity contribution in [3.63, 3.8) is 0 Å². The Morgan fingerprint density at radius 3 is 1.78 bits per heavy atom. The van der Waals surface area contributed by atoms with E-state index in [1.165, 1.54) is 6.92 Å². The van der Waals surface area contributed by atoms with E-state index in [-0.39, 0.29) is 5.78 Å². The second-order valence-electron chi connectivity index (χ2n) is 12.0. The molecule has 7 heteroatoms. The first-order valence-corrected chi connectivity index (χ1v) is 16.2. The third-order valence-corrected chi connectivity index (χ3v) is 8.76. The predicted molar refractivity (Wildman–Crippen MR) is 191 cm³/mol. The van der Waals surface area contributed by atoms with Crippen LogP contribution in [0.3, 0.4) is 0 Å². The summed E-state index contributed by atoms with van der Waals surface area (Å²) in [5.41, 5.74) is 8.05. The van der Waals surface area contributed by atoms with Gasteiger partial charge in [0, 0.05) is 17.3 Å². The van der Waals surface area contributed by atoms with Gasteiger partial charge in [0.05, 0.1) is 11.3 Å². The number of aryl methyl sites for hydroxylation is 2. The third-order valence-electron chi connectivity index (χ3n) is 8.76. The van der Waals surface area contributed by atoms with Crippen molar-refractivity contribution in [3.05, 3.63) is 185 Å². The maximum atomic E-state index is 12.3. The lowest BCUT2D eigenvalue weighted by Gasteiger charge is -2.34. The van der Waals surface area contributed by atoms with Gasteiger partial charge in [-0.25, -0.2) is 0 Å². The van der Waals surface area contributed by atoms with Crippen molar-refractivity contribution in [1.82, 2.24) is 25.2 Å². The van der Waals surface area contributed by atoms with E-state index in [1.807, 2.05) is 105 Å². The summed E-state index contributed by atoms with van der Waals surface area (Å²) in [6.07, 6.45) is 0. The van der Waals surface area contributed by atoms with Gasteiger partial charge in [0.1, 0.15) is 12.4 Å². The second-order valence-corrected chi connectivity index (χ2v) is 12.0. The molecule has 0 aliphatic carbocycles. The molecule has 5 aromatic carbocycles. The minimum Gasteiger partial charge on any atom is -0.488 e. The molecule has 2 aromatic heterocycles. The van der Waals surface area contributed by atoms with Crippen LogP contribution in [0.5, 0.6) is 5.75 Å². The number of benzene rings is 5. The van der Waals surface area contributed by atoms with E-state index >= 15 is 0 Å². The van der Waals surface area contributed by atoms with Crippen LogP contribution in [0, 0.1) is 13.8 Å². The first-order chi connectivity index (χ1) is 23.9. The molecule has 0 bridgehead atoms. The van der Waals surface area contributed by atoms with Crippen molar-refractivity contribution in [2.45, 2.75) is 32.9 Å². The highest BCUT2D eigenvalue weighted by Gasteiger charge is 2.41. The molecule has 240 valence electrons. The number of hydrogen-bond acceptors (Lipinski definition) is 6. The number of nitrogens with zero attached hydrogens (tertiary/aromatic N) is 5. The number of ether oxygens (including phenoxy) is 1. The van der Waals surface area contributed by atoms with Crippen LogP contribution in [0.1, 0.15) is 50.9 Å². The van der Waals surface area contributed by atoms with Crippen molar-refractivity contribution in [1.29, 1.82) is 0 Å². The maximum absolute atomic E-state index is 12.3. The molecule has 0 aliphatic rings. The van der Waals surface area contributed by atoms with E-state index in [0.29, 0.717) is 29.4 Å². The van der Waals surface area contributed by atoms with E-state index in [9.17, 15) is 4.79 Å². The number of carbonyl (C=O) groups excluding carboxylic acids is 1. The Morgan fingerprint density at radius 2 is 1.22 bits per heavy atom. The molecule has 0 saturated heterocycles. The average molecular weight is 642 g/mol. The summed E-state index contributed by atoms with van der Waals surface area (Å²) in [4.78, 5) is 18.5. The van der Waals surface area contributed by atoms with Crippen molar-refractivity contribution in [3.8, 4) is 28.3 Å². The summed E-state index contributed by atoms with van der Waals surface area (Å²) in [6, 6.07) is 49.1. The van der Waals surface area contributed by atoms with Gasteiger partial charge in [-0.05, 0) is 59.4 Å². The minimum atomic E-state index is -0.861. The molecule has 49 heavy (non-hydrogen) atoms. The van der Waals surface area contributed by atoms with Gasteiger partial charge in [0.25, 0.3) is 0 Å². The van der Waals surface area contributed by atoms with E-state index in [0.717, 1.165) is 44.6 Å². The van der Waals surface area contributed by atoms with Crippen LogP contribution in [0.25, 0.3) is 22.5 Å². The molecule has 0 amide bonds. The summed E-state index contributed by atoms with van der Waals surface area (Å²) in [5.74, 6) is 1.01. The first-order valence-electron chi connectivity index (χ1n) is 16.2. The Kier molecular flexibility index (Phi) is 8.64. The van der Waals surface area contributed by atoms with Crippen LogP contribution in [-0.4, -0.2) is 31.0 Å². The highest BCUT2D eigenvalue weighted by atomic mass is 16.5. The Morgan fingerprint density at radius 1 is 0.694 bits per heavy atom. The van der Waals surface area contributed by atoms with E-state index in [4.69, 9.17) is 15.0 Å². The SMILES string of the molecule is CC(=O)c1c(OCc2ccc(-c3ccccc3-c3nnn(C(c4ccccc4)(c4ccccc4)c4ccccc4)n3)cc2)cc(C)nc1C. The quantitative estimate of drug-likeness (QED) is 0.110. The van der Waals surface area contributed by atoms with Gasteiger partial charge in [-0.1, -0.05) is 140 Å². The number of pyridine rings is 1. The fourth-order valence-electron chi connectivity index (χ4n) is 6.56. The largest absolute Gasteiger partial charge is 0.488 e. The normalized spacial score (nSPS) is 11.3. The number of tetrazole rings is 1. The highest BCUT2D eigenvalue weighted by molar-refractivity contribution is 5.97. The van der Waals surface area contributed by atoms with Gasteiger partial charge in [0.15, 0.2) is 11.3 Å². The van der Waals surface area contributed by atoms with Crippen LogP contribution >= 0.6 is 0 Å². The number of hydrogen-bond donors (Lipinski definition) is 0. The monoisotopic (exact) mass is 641 g/mol. The molecule has 0 atom stereocenters. The molecule has 0 radical (unpaired) electrons. The van der Waals surface area contributed by atoms with Gasteiger partial charge in [-0.15, -0.1) is 15.0 Å². The Hall–Kier alpha value is -6.21. The molecule has 2 heterocycles. The van der Waals surface area contributed by atoms with E-state index in [2.05, 4.69) is 64.7 Å². The molecule has 0 aliphatic heterocycles. The molecule has 0 saturated carbocycles. The van der Waals surface area contributed by atoms with Gasteiger partial charge in [0.2, 0.25) is 5.82 Å². The smallest absolute Gasteiger partial charge is 0.205 e. The molecular weight excluding hydrogens is 606 g/mol. The van der Waals surface area contributed by atoms with Crippen LogP contribution < -0.4 is 4.74 Å². The average Bonchev–Trinajstić information content (AvgIpc) is 3.63. The minimum absolute atomic E-state index is 0.0638. The lowest BCUT2D eigenvalue weighted by Crippen LogP contribution is -2.39. The zero-order valence-corrected chi connectivity index (χ0v) is 27.6. The summed E-state index contributed by atoms with van der Waals surface area (Å²) in [5, 5.41) is 14.5. The van der Waals surface area contributed by atoms with Gasteiger partial charge < -0.3 is 4.74 Å². The third kappa shape index (κ3) is 6.03. The first kappa shape index (κ1) is 31.4. The van der Waals surface area contributed by atoms with Gasteiger partial charge >= 0.3 is 0 Å². The molecule has 0 spiro atoms. The maximum Gasteiger partial charge on any atom is 0.205 e. The lowest BCUT2D eigenvalue weighted by atomic mass is 9.77. The summed E-state index contributed by atoms with van der Waals surface area (Å²) in [6.45, 7) is 5.59. The zero-order chi connectivity index (χ0) is 33.8. The van der Waals surface area contributed by atoms with Crippen LogP contribution in [0.15, 0.2) is 146 Å². The van der Waals surface area contributed by atoms with Gasteiger partial charge in [-0.2, -0.15) is 0 Å². The number of carbonyl (C=O) groups is 1. The molecular formula is C42H35N5O2. The molecule has 7 aromatic rings. The summed E-state index contributed by atoms with van der Waals surface area (Å²) in [7, 11) is 0. The van der Waals surface area contributed by atoms with E-state index < -0.39 is 5.54 Å². The van der Waals surface area contributed by atoms with E-state index in [1.54, 1.807) is 4.80 Å². The number of aromatic nitrogens is 5. The van der Waals surface area contributed by atoms with Gasteiger partial charge in [-0.3, -0.25) is 9.78 Å². The Labute approximate surface area is 285 Å². The fraction of sp³-hybridized carbons (Fsp3) is 0.119. The van der Waals surface area contributed by atoms with Crippen molar-refractivity contribution in [2.24, 2.45) is 0 Å². The number of ketones is 1. The topological polar surface area (TPSA) is 82.8 Å². The van der Waals surface area contributed by atoms with Crippen LogP contribution in [0.4, 0.5) is 0 Å². The van der Waals surface area contributed by atoms with Crippen molar-refractivity contribution in [2.75, 3.05) is 0 Å². The molecule has 7 rings (SSSR count). The molecule has 7 nitrogen and oxygen atoms in total. The number of Topliss-reactive ketones (excluding diaryl/α,β-unsaturated/α-hetero) is 1. The summed E-state index contributed by atoms with van der Waals surface area (Å²) < 4.78 is 6.14. The Bertz CT molecular complexity index is 2120. The molecule has 0 N–H and O–H groups in total. The van der Waals surface area contributed by atoms with Crippen molar-refractivity contribution < 1.29 is 9.53 Å². The predicted octanol–water partition coefficient (Wildman–Crippen LogP) is 8.64. The zero-order valence-electron chi connectivity index (χ0n) is 27.6. The molecule has 0 fully saturated rings. The molecule has 0 unspecified atom stereocenters.